The molecule has 1 aliphatic heterocycles. The summed E-state index contributed by atoms with van der Waals surface area (Å²) in [6, 6.07) is 0.982. The number of nitrogens with zero attached hydrogens (tertiary/aromatic N) is 1. The minimum absolute atomic E-state index is 0.0618. The van der Waals surface area contributed by atoms with Gasteiger partial charge in [-0.05, 0) is 31.4 Å². The van der Waals surface area contributed by atoms with Crippen LogP contribution in [0.1, 0.15) is 34.8 Å². The lowest BCUT2D eigenvalue weighted by molar-refractivity contribution is -0.0487. The minimum atomic E-state index is -3.49. The monoisotopic (exact) mass is 466 g/mol. The van der Waals surface area contributed by atoms with Gasteiger partial charge in [-0.2, -0.15) is 8.78 Å². The molecule has 172 valence electrons. The molecule has 5 rings (SSSR count). The van der Waals surface area contributed by atoms with Crippen LogP contribution < -0.4 is 15.5 Å². The number of ether oxygens (including phenoxy) is 1. The van der Waals surface area contributed by atoms with Crippen LogP contribution in [-0.2, 0) is 6.42 Å². The van der Waals surface area contributed by atoms with Crippen LogP contribution in [0.15, 0.2) is 23.1 Å². The van der Waals surface area contributed by atoms with Crippen molar-refractivity contribution in [3.05, 3.63) is 57.1 Å². The zero-order valence-electron chi connectivity index (χ0n) is 16.7. The predicted molar refractivity (Wildman–Crippen MR) is 108 cm³/mol. The molecule has 2 aliphatic rings. The number of hydrogen-bond acceptors (Lipinski definition) is 4. The van der Waals surface area contributed by atoms with Crippen LogP contribution in [0.3, 0.4) is 0 Å². The van der Waals surface area contributed by atoms with Crippen LogP contribution in [0.5, 0.6) is 5.75 Å². The molecule has 0 atom stereocenters. The second kappa shape index (κ2) is 7.46. The van der Waals surface area contributed by atoms with Gasteiger partial charge in [-0.15, -0.1) is 0 Å². The van der Waals surface area contributed by atoms with E-state index in [1.807, 2.05) is 0 Å². The number of carboxylic acids is 1. The quantitative estimate of drug-likeness (QED) is 0.534. The molecule has 1 aliphatic carbocycles. The third-order valence-corrected chi connectivity index (χ3v) is 5.86. The van der Waals surface area contributed by atoms with Crippen LogP contribution >= 0.6 is 0 Å². The summed E-state index contributed by atoms with van der Waals surface area (Å²) in [6.07, 6.45) is 2.17. The summed E-state index contributed by atoms with van der Waals surface area (Å²) in [5.41, 5.74) is -3.65. The number of carbonyl (C=O) groups is 1. The van der Waals surface area contributed by atoms with E-state index in [9.17, 15) is 27.9 Å². The molecule has 2 N–H and O–H groups in total. The molecule has 0 saturated heterocycles. The molecule has 0 unspecified atom stereocenters. The Morgan fingerprint density at radius 2 is 1.91 bits per heavy atom. The summed E-state index contributed by atoms with van der Waals surface area (Å²) in [5.74, 6) is -5.66. The van der Waals surface area contributed by atoms with Gasteiger partial charge in [0.15, 0.2) is 5.75 Å². The summed E-state index contributed by atoms with van der Waals surface area (Å²) in [7, 11) is 0. The first-order valence-corrected chi connectivity index (χ1v) is 10.0. The lowest BCUT2D eigenvalue weighted by atomic mass is 9.96. The average Bonchev–Trinajstić information content (AvgIpc) is 3.46. The number of fused-ring (bicyclic) bond motifs is 2. The third kappa shape index (κ3) is 3.30. The van der Waals surface area contributed by atoms with E-state index in [4.69, 9.17) is 0 Å². The first-order valence-electron chi connectivity index (χ1n) is 10.0. The lowest BCUT2D eigenvalue weighted by Gasteiger charge is -2.20. The Kier molecular flexibility index (Phi) is 4.80. The third-order valence-electron chi connectivity index (χ3n) is 5.86. The van der Waals surface area contributed by atoms with E-state index in [2.05, 4.69) is 10.1 Å². The summed E-state index contributed by atoms with van der Waals surface area (Å²) < 4.78 is 77.9. The van der Waals surface area contributed by atoms with Crippen molar-refractivity contribution in [3.8, 4) is 16.9 Å². The summed E-state index contributed by atoms with van der Waals surface area (Å²) in [5, 5.41) is 11.5. The first-order chi connectivity index (χ1) is 15.7. The van der Waals surface area contributed by atoms with Crippen LogP contribution in [0, 0.1) is 17.5 Å². The van der Waals surface area contributed by atoms with Gasteiger partial charge in [0.25, 0.3) is 0 Å². The molecular formula is C22H15F5N2O4. The topological polar surface area (TPSA) is 80.6 Å². The van der Waals surface area contributed by atoms with Crippen LogP contribution in [0.25, 0.3) is 22.0 Å². The molecule has 3 aromatic rings. The highest BCUT2D eigenvalue weighted by Gasteiger charge is 2.33. The molecule has 0 bridgehead atoms. The Labute approximate surface area is 182 Å². The number of pyridine rings is 1. The van der Waals surface area contributed by atoms with Crippen molar-refractivity contribution in [2.45, 2.75) is 31.9 Å². The standard InChI is InChI=1S/C22H15F5N2O4/c23-13-6-11-18(29(8-1-2-8)7-12(19(11)30)21(31)32)20(33-22(26)27)15(13)10-5-14(24)17-9(16(10)25)3-4-28-17/h5-8,22,28H,1-4H2,(H,31,32). The SMILES string of the molecule is O=C(O)c1cn(C2CC2)c2c(OC(F)F)c(-c3cc(F)c4c(c3F)CCN4)c(F)cc2c1=O. The zero-order valence-corrected chi connectivity index (χ0v) is 16.7. The highest BCUT2D eigenvalue weighted by molar-refractivity contribution is 5.98. The van der Waals surface area contributed by atoms with Gasteiger partial charge in [0.1, 0.15) is 23.0 Å². The van der Waals surface area contributed by atoms with E-state index in [1.54, 1.807) is 0 Å². The Morgan fingerprint density at radius 1 is 1.18 bits per heavy atom. The van der Waals surface area contributed by atoms with Gasteiger partial charge >= 0.3 is 12.6 Å². The van der Waals surface area contributed by atoms with E-state index >= 15 is 8.78 Å². The molecule has 33 heavy (non-hydrogen) atoms. The van der Waals surface area contributed by atoms with Crippen molar-refractivity contribution in [1.82, 2.24) is 4.57 Å². The van der Waals surface area contributed by atoms with E-state index in [0.717, 1.165) is 6.20 Å². The van der Waals surface area contributed by atoms with Crippen LogP contribution in [-0.4, -0.2) is 28.8 Å². The molecule has 6 nitrogen and oxygen atoms in total. The Morgan fingerprint density at radius 3 is 2.55 bits per heavy atom. The molecule has 1 saturated carbocycles. The number of aromatic carboxylic acids is 1. The molecule has 1 fully saturated rings. The van der Waals surface area contributed by atoms with Crippen molar-refractivity contribution in [1.29, 1.82) is 0 Å². The van der Waals surface area contributed by atoms with Crippen LogP contribution in [0.4, 0.5) is 27.6 Å². The predicted octanol–water partition coefficient (Wildman–Crippen LogP) is 4.69. The molecule has 2 aromatic carbocycles. The van der Waals surface area contributed by atoms with E-state index < -0.39 is 63.3 Å². The summed E-state index contributed by atoms with van der Waals surface area (Å²) >= 11 is 0. The van der Waals surface area contributed by atoms with Gasteiger partial charge in [-0.1, -0.05) is 0 Å². The molecule has 0 spiro atoms. The highest BCUT2D eigenvalue weighted by Crippen LogP contribution is 2.46. The van der Waals surface area contributed by atoms with Crippen LogP contribution in [0.2, 0.25) is 0 Å². The van der Waals surface area contributed by atoms with Crippen molar-refractivity contribution in [2.24, 2.45) is 0 Å². The van der Waals surface area contributed by atoms with E-state index in [0.29, 0.717) is 25.0 Å². The minimum Gasteiger partial charge on any atom is -0.477 e. The number of halogens is 5. The maximum atomic E-state index is 15.3. The molecule has 1 aromatic heterocycles. The van der Waals surface area contributed by atoms with Crippen molar-refractivity contribution < 1.29 is 36.6 Å². The maximum absolute atomic E-state index is 15.3. The van der Waals surface area contributed by atoms with Crippen molar-refractivity contribution in [3.63, 3.8) is 0 Å². The fourth-order valence-electron chi connectivity index (χ4n) is 4.30. The number of benzene rings is 2. The molecule has 0 amide bonds. The summed E-state index contributed by atoms with van der Waals surface area (Å²) in [4.78, 5) is 24.3. The average molecular weight is 466 g/mol. The molecule has 11 heteroatoms. The lowest BCUT2D eigenvalue weighted by Crippen LogP contribution is -2.20. The smallest absolute Gasteiger partial charge is 0.387 e. The second-order valence-electron chi connectivity index (χ2n) is 7.90. The number of alkyl halides is 2. The second-order valence-corrected chi connectivity index (χ2v) is 7.90. The Balaban J connectivity index is 1.92. The highest BCUT2D eigenvalue weighted by atomic mass is 19.3. The first kappa shape index (κ1) is 21.2. The van der Waals surface area contributed by atoms with Crippen molar-refractivity contribution in [2.75, 3.05) is 11.9 Å². The zero-order chi connectivity index (χ0) is 23.6. The Bertz CT molecular complexity index is 1400. The fourth-order valence-corrected chi connectivity index (χ4v) is 4.30. The number of carboxylic acid groups (broad SMARTS) is 1. The molecule has 2 heterocycles. The molecule has 0 radical (unpaired) electrons. The Hall–Kier alpha value is -3.63. The van der Waals surface area contributed by atoms with Gasteiger partial charge in [0, 0.05) is 29.9 Å². The number of anilines is 1. The normalized spacial score (nSPS) is 15.1. The van der Waals surface area contributed by atoms with Gasteiger partial charge in [0.2, 0.25) is 5.43 Å². The van der Waals surface area contributed by atoms with Gasteiger partial charge in [-0.25, -0.2) is 18.0 Å². The summed E-state index contributed by atoms with van der Waals surface area (Å²) in [6.45, 7) is -3.24. The molecular weight excluding hydrogens is 451 g/mol. The number of aromatic nitrogens is 1. The van der Waals surface area contributed by atoms with Gasteiger partial charge < -0.3 is 19.7 Å². The largest absolute Gasteiger partial charge is 0.477 e. The van der Waals surface area contributed by atoms with E-state index in [1.165, 1.54) is 4.57 Å². The van der Waals surface area contributed by atoms with Gasteiger partial charge in [-0.3, -0.25) is 4.79 Å². The van der Waals surface area contributed by atoms with Gasteiger partial charge in [0.05, 0.1) is 22.2 Å². The maximum Gasteiger partial charge on any atom is 0.387 e. The fraction of sp³-hybridized carbons (Fsp3) is 0.273. The van der Waals surface area contributed by atoms with Crippen molar-refractivity contribution >= 4 is 22.6 Å². The van der Waals surface area contributed by atoms with E-state index in [-0.39, 0.29) is 35.8 Å². The number of hydrogen-bond donors (Lipinski definition) is 2. The number of nitrogens with one attached hydrogen (secondary N) is 1. The number of rotatable bonds is 5.